The third kappa shape index (κ3) is 4.71. The fourth-order valence-electron chi connectivity index (χ4n) is 1.81. The van der Waals surface area contributed by atoms with Crippen LogP contribution in [0.25, 0.3) is 0 Å². The van der Waals surface area contributed by atoms with Gasteiger partial charge in [-0.1, -0.05) is 43.7 Å². The van der Waals surface area contributed by atoms with Gasteiger partial charge < -0.3 is 16.2 Å². The van der Waals surface area contributed by atoms with Gasteiger partial charge in [0.25, 0.3) is 0 Å². The largest absolute Gasteiger partial charge is 0.481 e. The van der Waals surface area contributed by atoms with Gasteiger partial charge in [-0.25, -0.2) is 0 Å². The molecule has 19 heavy (non-hydrogen) atoms. The molecule has 104 valence electrons. The van der Waals surface area contributed by atoms with Crippen molar-refractivity contribution in [3.63, 3.8) is 0 Å². The highest BCUT2D eigenvalue weighted by Gasteiger charge is 2.20. The summed E-state index contributed by atoms with van der Waals surface area (Å²) in [4.78, 5) is 22.8. The molecule has 5 nitrogen and oxygen atoms in total. The molecule has 0 aliphatic rings. The van der Waals surface area contributed by atoms with Crippen molar-refractivity contribution >= 4 is 11.9 Å². The van der Waals surface area contributed by atoms with E-state index in [1.165, 1.54) is 0 Å². The van der Waals surface area contributed by atoms with Gasteiger partial charge in [-0.2, -0.15) is 0 Å². The van der Waals surface area contributed by atoms with Crippen molar-refractivity contribution in [3.05, 3.63) is 35.9 Å². The molecule has 0 bridgehead atoms. The SMILES string of the molecule is CCCC(CNC(=O)[C@H](N)c1ccccc1)C(=O)O. The number of nitrogens with two attached hydrogens (primary N) is 1. The molecule has 0 aromatic heterocycles. The van der Waals surface area contributed by atoms with Gasteiger partial charge in [-0.3, -0.25) is 9.59 Å². The molecule has 1 unspecified atom stereocenters. The van der Waals surface area contributed by atoms with E-state index in [0.29, 0.717) is 12.0 Å². The van der Waals surface area contributed by atoms with E-state index in [0.717, 1.165) is 6.42 Å². The van der Waals surface area contributed by atoms with Crippen molar-refractivity contribution in [2.45, 2.75) is 25.8 Å². The highest BCUT2D eigenvalue weighted by molar-refractivity contribution is 5.83. The van der Waals surface area contributed by atoms with Crippen LogP contribution in [0, 0.1) is 5.92 Å². The van der Waals surface area contributed by atoms with Crippen molar-refractivity contribution < 1.29 is 14.7 Å². The number of hydrogen-bond acceptors (Lipinski definition) is 3. The van der Waals surface area contributed by atoms with Gasteiger partial charge >= 0.3 is 5.97 Å². The van der Waals surface area contributed by atoms with E-state index in [-0.39, 0.29) is 12.5 Å². The van der Waals surface area contributed by atoms with Crippen LogP contribution < -0.4 is 11.1 Å². The second-order valence-electron chi connectivity index (χ2n) is 4.46. The van der Waals surface area contributed by atoms with E-state index in [4.69, 9.17) is 10.8 Å². The molecule has 0 aliphatic carbocycles. The van der Waals surface area contributed by atoms with Crippen molar-refractivity contribution in [2.75, 3.05) is 6.54 Å². The zero-order valence-electron chi connectivity index (χ0n) is 11.0. The summed E-state index contributed by atoms with van der Waals surface area (Å²) in [5.41, 5.74) is 6.53. The third-order valence-electron chi connectivity index (χ3n) is 2.95. The lowest BCUT2D eigenvalue weighted by Gasteiger charge is -2.15. The van der Waals surface area contributed by atoms with E-state index in [1.807, 2.05) is 13.0 Å². The third-order valence-corrected chi connectivity index (χ3v) is 2.95. The molecule has 0 spiro atoms. The maximum Gasteiger partial charge on any atom is 0.308 e. The van der Waals surface area contributed by atoms with Gasteiger partial charge in [0.2, 0.25) is 5.91 Å². The number of carboxylic acid groups (broad SMARTS) is 1. The number of amides is 1. The summed E-state index contributed by atoms with van der Waals surface area (Å²) < 4.78 is 0. The molecule has 1 rings (SSSR count). The Bertz CT molecular complexity index is 420. The molecule has 0 radical (unpaired) electrons. The Kier molecular flexibility index (Phi) is 6.02. The molecule has 0 heterocycles. The Hall–Kier alpha value is -1.88. The minimum atomic E-state index is -0.893. The summed E-state index contributed by atoms with van der Waals surface area (Å²) in [6.07, 6.45) is 1.30. The van der Waals surface area contributed by atoms with Crippen LogP contribution in [0.3, 0.4) is 0 Å². The molecular formula is C14H20N2O3. The molecule has 0 saturated heterocycles. The van der Waals surface area contributed by atoms with Gasteiger partial charge in [0.15, 0.2) is 0 Å². The Balaban J connectivity index is 2.53. The average Bonchev–Trinajstić information content (AvgIpc) is 2.42. The fourth-order valence-corrected chi connectivity index (χ4v) is 1.81. The molecular weight excluding hydrogens is 244 g/mol. The molecule has 1 aromatic carbocycles. The highest BCUT2D eigenvalue weighted by atomic mass is 16.4. The van der Waals surface area contributed by atoms with Crippen LogP contribution in [0.2, 0.25) is 0 Å². The zero-order chi connectivity index (χ0) is 14.3. The number of carbonyl (C=O) groups is 2. The number of nitrogens with one attached hydrogen (secondary N) is 1. The molecule has 2 atom stereocenters. The normalized spacial score (nSPS) is 13.6. The van der Waals surface area contributed by atoms with E-state index in [9.17, 15) is 9.59 Å². The summed E-state index contributed by atoms with van der Waals surface area (Å²) in [6.45, 7) is 2.02. The maximum atomic E-state index is 11.8. The lowest BCUT2D eigenvalue weighted by atomic mass is 10.0. The zero-order valence-corrected chi connectivity index (χ0v) is 11.0. The van der Waals surface area contributed by atoms with Crippen LogP contribution >= 0.6 is 0 Å². The maximum absolute atomic E-state index is 11.8. The van der Waals surface area contributed by atoms with Crippen LogP contribution in [0.4, 0.5) is 0 Å². The Morgan fingerprint density at radius 3 is 2.47 bits per heavy atom. The molecule has 5 heteroatoms. The van der Waals surface area contributed by atoms with Gasteiger partial charge in [0, 0.05) is 6.54 Å². The lowest BCUT2D eigenvalue weighted by molar-refractivity contribution is -0.142. The number of carbonyl (C=O) groups excluding carboxylic acids is 1. The number of hydrogen-bond donors (Lipinski definition) is 3. The van der Waals surface area contributed by atoms with Gasteiger partial charge in [0.1, 0.15) is 6.04 Å². The molecule has 0 aliphatic heterocycles. The van der Waals surface area contributed by atoms with Gasteiger partial charge in [-0.05, 0) is 12.0 Å². The lowest BCUT2D eigenvalue weighted by Crippen LogP contribution is -2.38. The first-order valence-corrected chi connectivity index (χ1v) is 6.37. The standard InChI is InChI=1S/C14H20N2O3/c1-2-6-11(14(18)19)9-16-13(17)12(15)10-7-4-3-5-8-10/h3-5,7-8,11-12H,2,6,9,15H2,1H3,(H,16,17)(H,18,19)/t11?,12-/m1/s1. The second kappa shape index (κ2) is 7.53. The van der Waals surface area contributed by atoms with E-state index >= 15 is 0 Å². The predicted octanol–water partition coefficient (Wildman–Crippen LogP) is 1.30. The van der Waals surface area contributed by atoms with Crippen molar-refractivity contribution in [2.24, 2.45) is 11.7 Å². The second-order valence-corrected chi connectivity index (χ2v) is 4.46. The number of benzene rings is 1. The van der Waals surface area contributed by atoms with E-state index in [2.05, 4.69) is 5.32 Å². The first kappa shape index (κ1) is 15.2. The van der Waals surface area contributed by atoms with Crippen molar-refractivity contribution in [1.29, 1.82) is 0 Å². The number of aliphatic carboxylic acids is 1. The topological polar surface area (TPSA) is 92.4 Å². The minimum Gasteiger partial charge on any atom is -0.481 e. The van der Waals surface area contributed by atoms with Crippen LogP contribution in [0.15, 0.2) is 30.3 Å². The predicted molar refractivity (Wildman–Crippen MR) is 72.4 cm³/mol. The van der Waals surface area contributed by atoms with Crippen LogP contribution in [-0.4, -0.2) is 23.5 Å². The molecule has 1 aromatic rings. The summed E-state index contributed by atoms with van der Waals surface area (Å²) in [7, 11) is 0. The van der Waals surface area contributed by atoms with Crippen LogP contribution in [0.5, 0.6) is 0 Å². The van der Waals surface area contributed by atoms with Crippen molar-refractivity contribution in [3.8, 4) is 0 Å². The Morgan fingerprint density at radius 1 is 1.32 bits per heavy atom. The van der Waals surface area contributed by atoms with Gasteiger partial charge in [-0.15, -0.1) is 0 Å². The van der Waals surface area contributed by atoms with E-state index < -0.39 is 17.9 Å². The first-order valence-electron chi connectivity index (χ1n) is 6.37. The quantitative estimate of drug-likeness (QED) is 0.692. The summed E-state index contributed by atoms with van der Waals surface area (Å²) in [6, 6.07) is 8.22. The van der Waals surface area contributed by atoms with Gasteiger partial charge in [0.05, 0.1) is 5.92 Å². The monoisotopic (exact) mass is 264 g/mol. The number of rotatable bonds is 7. The first-order chi connectivity index (χ1) is 9.06. The van der Waals surface area contributed by atoms with Crippen molar-refractivity contribution in [1.82, 2.24) is 5.32 Å². The summed E-state index contributed by atoms with van der Waals surface area (Å²) in [5, 5.41) is 11.6. The smallest absolute Gasteiger partial charge is 0.308 e. The van der Waals surface area contributed by atoms with Crippen LogP contribution in [-0.2, 0) is 9.59 Å². The Morgan fingerprint density at radius 2 is 1.95 bits per heavy atom. The van der Waals surface area contributed by atoms with Crippen LogP contribution in [0.1, 0.15) is 31.4 Å². The van der Waals surface area contributed by atoms with E-state index in [1.54, 1.807) is 24.3 Å². The molecule has 4 N–H and O–H groups in total. The minimum absolute atomic E-state index is 0.114. The summed E-state index contributed by atoms with van der Waals surface area (Å²) in [5.74, 6) is -1.80. The highest BCUT2D eigenvalue weighted by Crippen LogP contribution is 2.10. The number of carboxylic acids is 1. The average molecular weight is 264 g/mol. The molecule has 1 amide bonds. The summed E-state index contributed by atoms with van der Waals surface area (Å²) >= 11 is 0. The molecule has 0 saturated carbocycles. The Labute approximate surface area is 112 Å². The fraction of sp³-hybridized carbons (Fsp3) is 0.429. The molecule has 0 fully saturated rings.